The zero-order valence-electron chi connectivity index (χ0n) is 10.7. The third-order valence-corrected chi connectivity index (χ3v) is 4.38. The van der Waals surface area contributed by atoms with Crippen molar-refractivity contribution >= 4 is 29.0 Å². The lowest BCUT2D eigenvalue weighted by atomic mass is 9.89. The lowest BCUT2D eigenvalue weighted by Gasteiger charge is -2.26. The van der Waals surface area contributed by atoms with Gasteiger partial charge in [0.1, 0.15) is 11.5 Å². The van der Waals surface area contributed by atoms with Crippen LogP contribution in [0.25, 0.3) is 0 Å². The second-order valence-electron chi connectivity index (χ2n) is 5.09. The van der Waals surface area contributed by atoms with E-state index in [1.807, 2.05) is 6.92 Å². The third kappa shape index (κ3) is 3.41. The molecule has 104 valence electrons. The Balaban J connectivity index is 1.97. The largest absolute Gasteiger partial charge is 0.508 e. The first kappa shape index (κ1) is 14.6. The van der Waals surface area contributed by atoms with Crippen LogP contribution in [0.5, 0.6) is 5.75 Å². The quantitative estimate of drug-likeness (QED) is 0.876. The Kier molecular flexibility index (Phi) is 4.71. The van der Waals surface area contributed by atoms with Gasteiger partial charge in [-0.25, -0.2) is 0 Å². The van der Waals surface area contributed by atoms with Crippen LogP contribution in [0.2, 0.25) is 10.0 Å². The Morgan fingerprint density at radius 2 is 2.05 bits per heavy atom. The number of benzene rings is 1. The molecule has 0 amide bonds. The molecule has 1 aliphatic heterocycles. The number of rotatable bonds is 5. The van der Waals surface area contributed by atoms with Crippen molar-refractivity contribution in [3.63, 3.8) is 0 Å². The highest BCUT2D eigenvalue weighted by Gasteiger charge is 2.25. The second-order valence-corrected chi connectivity index (χ2v) is 5.90. The van der Waals surface area contributed by atoms with Crippen LogP contribution in [0, 0.1) is 5.92 Å². The number of carbonyl (C=O) groups is 1. The number of hydrogen-bond acceptors (Lipinski definition) is 3. The molecule has 1 aliphatic rings. The van der Waals surface area contributed by atoms with Crippen molar-refractivity contribution in [2.75, 3.05) is 13.1 Å². The highest BCUT2D eigenvalue weighted by atomic mass is 35.5. The smallest absolute Gasteiger partial charge is 0.138 e. The molecular formula is C14H17Cl2NO2. The first-order valence-electron chi connectivity index (χ1n) is 6.40. The molecule has 1 saturated heterocycles. The van der Waals surface area contributed by atoms with Gasteiger partial charge in [0.15, 0.2) is 0 Å². The van der Waals surface area contributed by atoms with Gasteiger partial charge in [-0.2, -0.15) is 0 Å². The molecule has 5 heteroatoms. The van der Waals surface area contributed by atoms with Crippen LogP contribution < -0.4 is 5.32 Å². The maximum atomic E-state index is 11.8. The van der Waals surface area contributed by atoms with E-state index in [2.05, 4.69) is 5.32 Å². The second kappa shape index (κ2) is 6.12. The minimum absolute atomic E-state index is 0.0757. The first-order chi connectivity index (χ1) is 8.99. The number of halogens is 2. The van der Waals surface area contributed by atoms with Crippen LogP contribution in [0.4, 0.5) is 0 Å². The van der Waals surface area contributed by atoms with Crippen LogP contribution >= 0.6 is 23.2 Å². The molecule has 1 aromatic carbocycles. The molecule has 0 spiro atoms. The zero-order chi connectivity index (χ0) is 14.0. The molecule has 19 heavy (non-hydrogen) atoms. The molecule has 0 unspecified atom stereocenters. The average Bonchev–Trinajstić information content (AvgIpc) is 2.28. The topological polar surface area (TPSA) is 49.3 Å². The van der Waals surface area contributed by atoms with Crippen molar-refractivity contribution in [3.05, 3.63) is 27.7 Å². The van der Waals surface area contributed by atoms with Crippen molar-refractivity contribution in [1.29, 1.82) is 0 Å². The number of hydrogen-bond donors (Lipinski definition) is 2. The number of phenolic OH excluding ortho intramolecular Hbond substituents is 1. The lowest BCUT2D eigenvalue weighted by molar-refractivity contribution is -0.124. The Bertz CT molecular complexity index is 487. The van der Waals surface area contributed by atoms with Gasteiger partial charge in [-0.3, -0.25) is 4.79 Å². The summed E-state index contributed by atoms with van der Waals surface area (Å²) in [7, 11) is 0. The molecule has 0 bridgehead atoms. The monoisotopic (exact) mass is 301 g/mol. The Hall–Kier alpha value is -0.770. The summed E-state index contributed by atoms with van der Waals surface area (Å²) in [4.78, 5) is 11.8. The van der Waals surface area contributed by atoms with E-state index >= 15 is 0 Å². The fraction of sp³-hybridized carbons (Fsp3) is 0.500. The van der Waals surface area contributed by atoms with E-state index in [1.165, 1.54) is 6.07 Å². The van der Waals surface area contributed by atoms with Gasteiger partial charge >= 0.3 is 0 Å². The summed E-state index contributed by atoms with van der Waals surface area (Å²) >= 11 is 11.8. The van der Waals surface area contributed by atoms with Crippen LogP contribution in [0.15, 0.2) is 12.1 Å². The Labute approximate surface area is 122 Å². The fourth-order valence-electron chi connectivity index (χ4n) is 2.18. The summed E-state index contributed by atoms with van der Waals surface area (Å²) in [5.74, 6) is 0.686. The Morgan fingerprint density at radius 1 is 1.42 bits per heavy atom. The molecule has 1 fully saturated rings. The van der Waals surface area contributed by atoms with Gasteiger partial charge in [0.25, 0.3) is 0 Å². The minimum Gasteiger partial charge on any atom is -0.508 e. The first-order valence-corrected chi connectivity index (χ1v) is 7.16. The van der Waals surface area contributed by atoms with Gasteiger partial charge < -0.3 is 10.4 Å². The van der Waals surface area contributed by atoms with E-state index in [0.717, 1.165) is 18.7 Å². The summed E-state index contributed by atoms with van der Waals surface area (Å²) < 4.78 is 0. The summed E-state index contributed by atoms with van der Waals surface area (Å²) in [6, 6.07) is 3.13. The number of carbonyl (C=O) groups excluding carboxylic acids is 1. The molecule has 2 rings (SSSR count). The highest BCUT2D eigenvalue weighted by Crippen LogP contribution is 2.35. The standard InChI is InChI=1S/C14H17Cl2NO2/c1-8(2-3-13(18)9-6-17-7-9)10-4-11(15)12(16)5-14(10)19/h4-5,8-9,17,19H,2-3,6-7H2,1H3/t8-/m1/s1. The average molecular weight is 302 g/mol. The molecule has 1 aromatic rings. The van der Waals surface area contributed by atoms with Crippen molar-refractivity contribution < 1.29 is 9.90 Å². The van der Waals surface area contributed by atoms with Crippen LogP contribution in [-0.4, -0.2) is 24.0 Å². The lowest BCUT2D eigenvalue weighted by Crippen LogP contribution is -2.46. The summed E-state index contributed by atoms with van der Waals surface area (Å²) in [6.07, 6.45) is 1.24. The van der Waals surface area contributed by atoms with Crippen molar-refractivity contribution in [2.24, 2.45) is 5.92 Å². The van der Waals surface area contributed by atoms with Gasteiger partial charge in [-0.15, -0.1) is 0 Å². The molecule has 0 saturated carbocycles. The normalized spacial score (nSPS) is 17.0. The Morgan fingerprint density at radius 3 is 2.63 bits per heavy atom. The number of aromatic hydroxyl groups is 1. The molecule has 1 atom stereocenters. The maximum Gasteiger partial charge on any atom is 0.138 e. The number of ketones is 1. The summed E-state index contributed by atoms with van der Waals surface area (Å²) in [5, 5.41) is 13.7. The predicted molar refractivity (Wildman–Crippen MR) is 77.1 cm³/mol. The van der Waals surface area contributed by atoms with Gasteiger partial charge in [0.2, 0.25) is 0 Å². The summed E-state index contributed by atoms with van der Waals surface area (Å²) in [5.41, 5.74) is 0.744. The molecule has 0 radical (unpaired) electrons. The molecule has 1 heterocycles. The van der Waals surface area contributed by atoms with Crippen LogP contribution in [0.1, 0.15) is 31.2 Å². The van der Waals surface area contributed by atoms with Crippen molar-refractivity contribution in [3.8, 4) is 5.75 Å². The molecule has 3 nitrogen and oxygen atoms in total. The van der Waals surface area contributed by atoms with Crippen molar-refractivity contribution in [2.45, 2.75) is 25.7 Å². The van der Waals surface area contributed by atoms with Gasteiger partial charge in [-0.1, -0.05) is 30.1 Å². The summed E-state index contributed by atoms with van der Waals surface area (Å²) in [6.45, 7) is 3.57. The fourth-order valence-corrected chi connectivity index (χ4v) is 2.51. The zero-order valence-corrected chi connectivity index (χ0v) is 12.3. The van der Waals surface area contributed by atoms with E-state index in [9.17, 15) is 9.90 Å². The molecule has 2 N–H and O–H groups in total. The highest BCUT2D eigenvalue weighted by molar-refractivity contribution is 6.42. The van der Waals surface area contributed by atoms with Crippen LogP contribution in [0.3, 0.4) is 0 Å². The third-order valence-electron chi connectivity index (χ3n) is 3.66. The molecule has 0 aliphatic carbocycles. The predicted octanol–water partition coefficient (Wildman–Crippen LogP) is 3.37. The molecular weight excluding hydrogens is 285 g/mol. The van der Waals surface area contributed by atoms with E-state index in [1.54, 1.807) is 6.07 Å². The van der Waals surface area contributed by atoms with Gasteiger partial charge in [0.05, 0.1) is 10.0 Å². The number of phenols is 1. The maximum absolute atomic E-state index is 11.8. The van der Waals surface area contributed by atoms with E-state index in [-0.39, 0.29) is 17.6 Å². The van der Waals surface area contributed by atoms with E-state index in [0.29, 0.717) is 28.7 Å². The van der Waals surface area contributed by atoms with E-state index in [4.69, 9.17) is 23.2 Å². The van der Waals surface area contributed by atoms with Crippen LogP contribution in [-0.2, 0) is 4.79 Å². The van der Waals surface area contributed by atoms with Gasteiger partial charge in [-0.05, 0) is 24.0 Å². The SMILES string of the molecule is C[C@H](CCC(=O)C1CNC1)c1cc(Cl)c(Cl)cc1O. The van der Waals surface area contributed by atoms with E-state index < -0.39 is 0 Å². The van der Waals surface area contributed by atoms with Crippen molar-refractivity contribution in [1.82, 2.24) is 5.32 Å². The van der Waals surface area contributed by atoms with Gasteiger partial charge in [0, 0.05) is 31.5 Å². The number of nitrogens with one attached hydrogen (secondary N) is 1. The molecule has 0 aromatic heterocycles. The minimum atomic E-state index is 0.0757. The number of Topliss-reactive ketones (excluding diaryl/α,β-unsaturated/α-hetero) is 1.